The van der Waals surface area contributed by atoms with Gasteiger partial charge in [-0.2, -0.15) is 5.21 Å². The number of aliphatic hydroxyl groups excluding tert-OH is 1. The fourth-order valence-corrected chi connectivity index (χ4v) is 4.61. The summed E-state index contributed by atoms with van der Waals surface area (Å²) in [5.41, 5.74) is 4.07. The first kappa shape index (κ1) is 27.7. The lowest BCUT2D eigenvalue weighted by Crippen LogP contribution is -2.17. The number of aromatic nitrogens is 6. The molecule has 0 saturated heterocycles. The Kier molecular flexibility index (Phi) is 8.20. The summed E-state index contributed by atoms with van der Waals surface area (Å²) in [5, 5.41) is 24.9. The zero-order valence-electron chi connectivity index (χ0n) is 23.0. The van der Waals surface area contributed by atoms with Crippen LogP contribution >= 0.6 is 0 Å². The van der Waals surface area contributed by atoms with Crippen LogP contribution in [0.5, 0.6) is 0 Å². The second-order valence-electron chi connectivity index (χ2n) is 9.62. The van der Waals surface area contributed by atoms with Crippen molar-refractivity contribution in [2.45, 2.75) is 59.3 Å². The third-order valence-corrected chi connectivity index (χ3v) is 6.71. The predicted molar refractivity (Wildman–Crippen MR) is 147 cm³/mol. The molecule has 0 aliphatic heterocycles. The number of tetrazole rings is 1. The van der Waals surface area contributed by atoms with E-state index < -0.39 is 17.9 Å². The minimum Gasteiger partial charge on any atom is -0.453 e. The number of hydrogen-bond acceptors (Lipinski definition) is 10. The smallest absolute Gasteiger partial charge is 0.453 e. The van der Waals surface area contributed by atoms with Gasteiger partial charge in [-0.15, -0.1) is 10.2 Å². The molecule has 5 rings (SSSR count). The van der Waals surface area contributed by atoms with Crippen molar-refractivity contribution in [1.82, 2.24) is 30.2 Å². The van der Waals surface area contributed by atoms with Gasteiger partial charge in [0.25, 0.3) is 0 Å². The third kappa shape index (κ3) is 6.02. The minimum atomic E-state index is -1.00. The number of rotatable bonds is 11. The molecule has 12 nitrogen and oxygen atoms in total. The van der Waals surface area contributed by atoms with Crippen molar-refractivity contribution >= 4 is 5.97 Å². The number of benzene rings is 2. The number of ether oxygens (including phenoxy) is 1. The molecule has 0 aliphatic carbocycles. The van der Waals surface area contributed by atoms with Crippen molar-refractivity contribution in [1.29, 1.82) is 0 Å². The summed E-state index contributed by atoms with van der Waals surface area (Å²) >= 11 is 0. The number of H-pyrrole nitrogens is 1. The third-order valence-electron chi connectivity index (χ3n) is 6.71. The molecule has 2 N–H and O–H groups in total. The summed E-state index contributed by atoms with van der Waals surface area (Å²) < 4.78 is 17.1. The Hall–Kier alpha value is -4.84. The average molecular weight is 559 g/mol. The van der Waals surface area contributed by atoms with Crippen LogP contribution in [0.2, 0.25) is 0 Å². The van der Waals surface area contributed by atoms with Crippen molar-refractivity contribution in [2.75, 3.05) is 0 Å². The largest absolute Gasteiger partial charge is 0.519 e. The van der Waals surface area contributed by atoms with Crippen LogP contribution in [0.15, 0.2) is 62.2 Å². The lowest BCUT2D eigenvalue weighted by atomic mass is 9.98. The Morgan fingerprint density at radius 3 is 2.51 bits per heavy atom. The van der Waals surface area contributed by atoms with Crippen molar-refractivity contribution < 1.29 is 23.5 Å². The van der Waals surface area contributed by atoms with E-state index in [1.165, 1.54) is 0 Å². The zero-order chi connectivity index (χ0) is 28.9. The van der Waals surface area contributed by atoms with Crippen LogP contribution in [0.1, 0.15) is 71.9 Å². The predicted octanol–water partition coefficient (Wildman–Crippen LogP) is 4.39. The fourth-order valence-electron chi connectivity index (χ4n) is 4.61. The molecule has 212 valence electrons. The molecule has 12 heteroatoms. The van der Waals surface area contributed by atoms with Crippen LogP contribution in [0, 0.1) is 6.92 Å². The monoisotopic (exact) mass is 558 g/mol. The summed E-state index contributed by atoms with van der Waals surface area (Å²) in [6.45, 7) is 5.22. The number of hydrogen-bond donors (Lipinski definition) is 2. The van der Waals surface area contributed by atoms with Crippen molar-refractivity contribution in [2.24, 2.45) is 0 Å². The summed E-state index contributed by atoms with van der Waals surface area (Å²) in [4.78, 5) is 29.4. The van der Waals surface area contributed by atoms with Gasteiger partial charge in [0.15, 0.2) is 23.8 Å². The minimum absolute atomic E-state index is 0.121. The summed E-state index contributed by atoms with van der Waals surface area (Å²) in [6, 6.07) is 15.7. The van der Waals surface area contributed by atoms with Gasteiger partial charge in [0.1, 0.15) is 11.5 Å². The molecule has 0 amide bonds. The first-order chi connectivity index (χ1) is 19.9. The Bertz CT molecular complexity index is 1680. The first-order valence-corrected chi connectivity index (χ1v) is 13.3. The van der Waals surface area contributed by atoms with Crippen LogP contribution < -0.4 is 5.82 Å². The number of nitrogens with one attached hydrogen (secondary N) is 1. The lowest BCUT2D eigenvalue weighted by Gasteiger charge is -2.14. The number of aromatic amines is 1. The Morgan fingerprint density at radius 1 is 1.12 bits per heavy atom. The van der Waals surface area contributed by atoms with Gasteiger partial charge in [0.2, 0.25) is 5.82 Å². The molecule has 0 fully saturated rings. The molecular weight excluding hydrogens is 528 g/mol. The van der Waals surface area contributed by atoms with E-state index in [1.54, 1.807) is 18.4 Å². The molecule has 0 aliphatic rings. The molecule has 5 aromatic rings. The van der Waals surface area contributed by atoms with E-state index in [9.17, 15) is 14.7 Å². The van der Waals surface area contributed by atoms with Crippen LogP contribution in [0.4, 0.5) is 0 Å². The fraction of sp³-hybridized carbons (Fsp3) is 0.310. The number of aryl methyl sites for hydroxylation is 2. The van der Waals surface area contributed by atoms with Crippen molar-refractivity contribution in [3.63, 3.8) is 0 Å². The highest BCUT2D eigenvalue weighted by Crippen LogP contribution is 2.30. The van der Waals surface area contributed by atoms with Gasteiger partial charge < -0.3 is 23.2 Å². The van der Waals surface area contributed by atoms with Gasteiger partial charge >= 0.3 is 11.8 Å². The van der Waals surface area contributed by atoms with Gasteiger partial charge in [0.05, 0.1) is 6.10 Å². The van der Waals surface area contributed by atoms with Crippen LogP contribution in [0.25, 0.3) is 22.5 Å². The van der Waals surface area contributed by atoms with E-state index in [0.29, 0.717) is 24.6 Å². The molecule has 3 heterocycles. The number of aliphatic hydroxyl groups is 1. The number of imidazole rings is 1. The Balaban J connectivity index is 1.46. The standard InChI is InChI=1S/C29H30N6O6/c1-4-5-10-24-30-25(17(2)36)26(28(37)39-16-23-18(3)40-29(38)41-23)35(24)15-19-11-13-20(14-12-19)21-8-6-7-9-22(21)27-31-33-34-32-27/h6-9,11-14,17,36H,4-5,10,15-16H2,1-3H3,(H,31,32,33,34). The zero-order valence-corrected chi connectivity index (χ0v) is 23.0. The molecule has 41 heavy (non-hydrogen) atoms. The highest BCUT2D eigenvalue weighted by molar-refractivity contribution is 5.89. The van der Waals surface area contributed by atoms with Crippen molar-refractivity contribution in [3.05, 3.63) is 93.4 Å². The molecular formula is C29H30N6O6. The van der Waals surface area contributed by atoms with E-state index in [1.807, 2.05) is 48.5 Å². The summed E-state index contributed by atoms with van der Waals surface area (Å²) in [7, 11) is 0. The Morgan fingerprint density at radius 2 is 1.88 bits per heavy atom. The van der Waals surface area contributed by atoms with E-state index in [4.69, 9.17) is 13.6 Å². The lowest BCUT2D eigenvalue weighted by molar-refractivity contribution is 0.0423. The molecule has 1 atom stereocenters. The topological polar surface area (TPSA) is 162 Å². The molecule has 1 unspecified atom stereocenters. The average Bonchev–Trinajstić information content (AvgIpc) is 3.70. The number of carbonyl (C=O) groups excluding carboxylic acids is 1. The second-order valence-corrected chi connectivity index (χ2v) is 9.62. The molecule has 0 spiro atoms. The highest BCUT2D eigenvalue weighted by atomic mass is 16.6. The summed E-state index contributed by atoms with van der Waals surface area (Å²) in [6.07, 6.45) is 1.41. The number of esters is 1. The molecule has 3 aromatic heterocycles. The van der Waals surface area contributed by atoms with Crippen LogP contribution in [-0.4, -0.2) is 41.3 Å². The van der Waals surface area contributed by atoms with E-state index in [-0.39, 0.29) is 29.5 Å². The van der Waals surface area contributed by atoms with Crippen LogP contribution in [-0.2, 0) is 24.3 Å². The highest BCUT2D eigenvalue weighted by Gasteiger charge is 2.27. The van der Waals surface area contributed by atoms with Gasteiger partial charge in [0, 0.05) is 18.5 Å². The number of carbonyl (C=O) groups is 1. The van der Waals surface area contributed by atoms with Crippen LogP contribution in [0.3, 0.4) is 0 Å². The van der Waals surface area contributed by atoms with Gasteiger partial charge in [-0.25, -0.2) is 14.6 Å². The van der Waals surface area contributed by atoms with E-state index >= 15 is 0 Å². The van der Waals surface area contributed by atoms with E-state index in [2.05, 4.69) is 32.5 Å². The van der Waals surface area contributed by atoms with Gasteiger partial charge in [-0.1, -0.05) is 61.9 Å². The maximum Gasteiger partial charge on any atom is 0.519 e. The second kappa shape index (κ2) is 12.1. The Labute approximate surface area is 235 Å². The quantitative estimate of drug-likeness (QED) is 0.222. The molecule has 2 aromatic carbocycles. The molecule has 0 saturated carbocycles. The summed E-state index contributed by atoms with van der Waals surface area (Å²) in [5.74, 6) is -0.0271. The maximum absolute atomic E-state index is 13.4. The van der Waals surface area contributed by atoms with E-state index in [0.717, 1.165) is 35.1 Å². The SMILES string of the molecule is CCCCc1nc(C(C)O)c(C(=O)OCc2oc(=O)oc2C)n1Cc1ccc(-c2ccccc2-c2nn[nH]n2)cc1. The van der Waals surface area contributed by atoms with Gasteiger partial charge in [-0.05, 0) is 42.2 Å². The van der Waals surface area contributed by atoms with Gasteiger partial charge in [-0.3, -0.25) is 0 Å². The molecule has 0 radical (unpaired) electrons. The number of nitrogens with zero attached hydrogens (tertiary/aromatic N) is 5. The normalized spacial score (nSPS) is 12.0. The number of unbranched alkanes of at least 4 members (excludes halogenated alkanes) is 1. The first-order valence-electron chi connectivity index (χ1n) is 13.3. The van der Waals surface area contributed by atoms with Crippen molar-refractivity contribution in [3.8, 4) is 22.5 Å². The maximum atomic E-state index is 13.4. The molecule has 0 bridgehead atoms.